The first-order valence-corrected chi connectivity index (χ1v) is 8.55. The van der Waals surface area contributed by atoms with E-state index in [1.165, 1.54) is 11.9 Å². The van der Waals surface area contributed by atoms with Gasteiger partial charge in [-0.1, -0.05) is 38.6 Å². The minimum atomic E-state index is -0.997. The summed E-state index contributed by atoms with van der Waals surface area (Å²) in [4.78, 5) is 27.7. The van der Waals surface area contributed by atoms with E-state index < -0.39 is 5.72 Å². The summed E-state index contributed by atoms with van der Waals surface area (Å²) in [6.07, 6.45) is 3.35. The molecular formula is C20H22N2O4. The highest BCUT2D eigenvalue weighted by atomic mass is 16.6. The van der Waals surface area contributed by atoms with Crippen molar-refractivity contribution in [3.63, 3.8) is 0 Å². The minimum Gasteiger partial charge on any atom is -0.457 e. The quantitative estimate of drug-likeness (QED) is 0.574. The molecule has 3 amide bonds. The van der Waals surface area contributed by atoms with E-state index in [0.29, 0.717) is 29.3 Å². The van der Waals surface area contributed by atoms with Crippen molar-refractivity contribution < 1.29 is 19.1 Å². The van der Waals surface area contributed by atoms with Crippen LogP contribution in [-0.4, -0.2) is 48.2 Å². The zero-order valence-corrected chi connectivity index (χ0v) is 15.4. The van der Waals surface area contributed by atoms with E-state index in [9.17, 15) is 9.59 Å². The molecule has 0 bridgehead atoms. The topological polar surface area (TPSA) is 62.4 Å². The van der Waals surface area contributed by atoms with E-state index in [-0.39, 0.29) is 11.9 Å². The number of carbonyl (C=O) groups excluding carboxylic acids is 2. The maximum Gasteiger partial charge on any atom is 0.329 e. The number of rotatable bonds is 1. The summed E-state index contributed by atoms with van der Waals surface area (Å²) in [7, 11) is 3.11. The summed E-state index contributed by atoms with van der Waals surface area (Å²) in [5.41, 5.74) is 0.934. The molecule has 2 fully saturated rings. The molecule has 1 spiro atoms. The Labute approximate surface area is 153 Å². The van der Waals surface area contributed by atoms with E-state index in [1.807, 2.05) is 38.1 Å². The molecule has 3 aliphatic heterocycles. The maximum absolute atomic E-state index is 12.9. The zero-order chi connectivity index (χ0) is 19.1. The van der Waals surface area contributed by atoms with Gasteiger partial charge in [-0.05, 0) is 18.2 Å². The molecule has 1 aromatic carbocycles. The number of amides is 3. The summed E-state index contributed by atoms with van der Waals surface area (Å²) < 4.78 is 11.4. The number of hydrogen-bond donors (Lipinski definition) is 0. The lowest BCUT2D eigenvalue weighted by molar-refractivity contribution is -0.127. The van der Waals surface area contributed by atoms with Crippen molar-refractivity contribution in [2.75, 3.05) is 20.7 Å². The number of fused-ring (bicyclic) bond motifs is 1. The fraction of sp³-hybridized carbons (Fsp3) is 0.300. The second-order valence-corrected chi connectivity index (χ2v) is 5.92. The molecule has 3 aliphatic rings. The van der Waals surface area contributed by atoms with Gasteiger partial charge in [-0.2, -0.15) is 0 Å². The Balaban J connectivity index is 0.000000948. The number of urea groups is 1. The number of benzene rings is 1. The van der Waals surface area contributed by atoms with Gasteiger partial charge in [-0.25, -0.2) is 4.79 Å². The van der Waals surface area contributed by atoms with Crippen molar-refractivity contribution in [2.24, 2.45) is 0 Å². The molecule has 3 heterocycles. The van der Waals surface area contributed by atoms with Crippen LogP contribution in [0.3, 0.4) is 0 Å². The molecule has 6 heteroatoms. The first-order valence-electron chi connectivity index (χ1n) is 8.55. The number of allylic oxidation sites excluding steroid dienone is 3. The first-order chi connectivity index (χ1) is 12.5. The largest absolute Gasteiger partial charge is 0.457 e. The van der Waals surface area contributed by atoms with Gasteiger partial charge < -0.3 is 9.47 Å². The maximum atomic E-state index is 12.9. The third-order valence-corrected chi connectivity index (χ3v) is 4.60. The zero-order valence-electron chi connectivity index (χ0n) is 15.4. The van der Waals surface area contributed by atoms with Gasteiger partial charge in [0.05, 0.1) is 5.57 Å². The first kappa shape index (κ1) is 17.9. The molecule has 1 atom stereocenters. The van der Waals surface area contributed by atoms with Gasteiger partial charge >= 0.3 is 6.03 Å². The Morgan fingerprint density at radius 3 is 2.46 bits per heavy atom. The lowest BCUT2D eigenvalue weighted by atomic mass is 9.90. The van der Waals surface area contributed by atoms with Gasteiger partial charge in [-0.15, -0.1) is 0 Å². The number of likely N-dealkylation sites (N-methyl/N-ethyl adjacent to an activating group) is 2. The summed E-state index contributed by atoms with van der Waals surface area (Å²) in [6, 6.07) is 7.07. The van der Waals surface area contributed by atoms with Crippen molar-refractivity contribution in [2.45, 2.75) is 19.6 Å². The molecule has 0 aromatic heterocycles. The molecular weight excluding hydrogens is 332 g/mol. The molecule has 2 saturated heterocycles. The van der Waals surface area contributed by atoms with Crippen LogP contribution in [0.5, 0.6) is 5.75 Å². The van der Waals surface area contributed by atoms with Crippen LogP contribution < -0.4 is 4.74 Å². The minimum absolute atomic E-state index is 0.300. The number of para-hydroxylation sites is 1. The van der Waals surface area contributed by atoms with Crippen molar-refractivity contribution in [1.29, 1.82) is 0 Å². The van der Waals surface area contributed by atoms with Crippen molar-refractivity contribution in [3.8, 4) is 5.75 Å². The fourth-order valence-electron chi connectivity index (χ4n) is 3.16. The highest BCUT2D eigenvalue weighted by Crippen LogP contribution is 2.48. The number of hydrogen-bond acceptors (Lipinski definition) is 4. The Bertz CT molecular complexity index is 849. The smallest absolute Gasteiger partial charge is 0.329 e. The molecule has 6 nitrogen and oxygen atoms in total. The highest BCUT2D eigenvalue weighted by molar-refractivity contribution is 6.14. The van der Waals surface area contributed by atoms with E-state index in [4.69, 9.17) is 9.47 Å². The molecule has 136 valence electrons. The van der Waals surface area contributed by atoms with Crippen LogP contribution >= 0.6 is 0 Å². The number of carbonyl (C=O) groups is 2. The number of nitrogens with zero attached hydrogens (tertiary/aromatic N) is 2. The summed E-state index contributed by atoms with van der Waals surface area (Å²) >= 11 is 0. The standard InChI is InChI=1S/C18H16N2O4.C2H6/c1-4-11-9-13(12-7-5-6-8-14(12)24-11)15-16(21)19(2)17(22)20(3)18(15)10-23-18;1-2/h4-9H,1,10H2,2-3H3;1-2H3/b15-13+;. The van der Waals surface area contributed by atoms with Crippen molar-refractivity contribution in [3.05, 3.63) is 59.9 Å². The SMILES string of the molecule is C=CC1=C/C(=C2/C(=O)N(C)C(=O)N(C)C23CO3)c2ccccc2O1.CC. The Kier molecular flexibility index (Phi) is 4.46. The van der Waals surface area contributed by atoms with Crippen LogP contribution in [0, 0.1) is 0 Å². The van der Waals surface area contributed by atoms with E-state index in [1.54, 1.807) is 19.2 Å². The van der Waals surface area contributed by atoms with Crippen LogP contribution in [0.4, 0.5) is 4.79 Å². The van der Waals surface area contributed by atoms with Crippen LogP contribution in [0.2, 0.25) is 0 Å². The Hall–Kier alpha value is -2.86. The third-order valence-electron chi connectivity index (χ3n) is 4.60. The average molecular weight is 354 g/mol. The van der Waals surface area contributed by atoms with Crippen LogP contribution in [0.25, 0.3) is 5.57 Å². The third kappa shape index (κ3) is 2.45. The molecule has 0 N–H and O–H groups in total. The molecule has 1 unspecified atom stereocenters. The van der Waals surface area contributed by atoms with Gasteiger partial charge in [0.25, 0.3) is 5.91 Å². The Morgan fingerprint density at radius 2 is 1.85 bits per heavy atom. The van der Waals surface area contributed by atoms with Gasteiger partial charge in [0, 0.05) is 25.2 Å². The molecule has 1 aromatic rings. The fourth-order valence-corrected chi connectivity index (χ4v) is 3.16. The van der Waals surface area contributed by atoms with Crippen molar-refractivity contribution >= 4 is 17.5 Å². The summed E-state index contributed by atoms with van der Waals surface area (Å²) in [5.74, 6) is 0.826. The van der Waals surface area contributed by atoms with Crippen LogP contribution in [-0.2, 0) is 9.53 Å². The van der Waals surface area contributed by atoms with Crippen LogP contribution in [0.15, 0.2) is 54.3 Å². The molecule has 4 rings (SSSR count). The summed E-state index contributed by atoms with van der Waals surface area (Å²) in [5, 5.41) is 0. The van der Waals surface area contributed by atoms with Crippen molar-refractivity contribution in [1.82, 2.24) is 9.80 Å². The van der Waals surface area contributed by atoms with Gasteiger partial charge in [-0.3, -0.25) is 14.6 Å². The number of epoxide rings is 1. The molecule has 26 heavy (non-hydrogen) atoms. The number of ether oxygens (including phenoxy) is 2. The van der Waals surface area contributed by atoms with Gasteiger partial charge in [0.2, 0.25) is 5.72 Å². The predicted molar refractivity (Wildman–Crippen MR) is 98.2 cm³/mol. The van der Waals surface area contributed by atoms with Gasteiger partial charge in [0.1, 0.15) is 18.1 Å². The second kappa shape index (κ2) is 6.46. The highest BCUT2D eigenvalue weighted by Gasteiger charge is 2.62. The second-order valence-electron chi connectivity index (χ2n) is 5.92. The van der Waals surface area contributed by atoms with Crippen LogP contribution in [0.1, 0.15) is 19.4 Å². The molecule has 0 radical (unpaired) electrons. The normalized spacial score (nSPS) is 26.5. The lowest BCUT2D eigenvalue weighted by Gasteiger charge is -2.37. The molecule has 0 aliphatic carbocycles. The summed E-state index contributed by atoms with van der Waals surface area (Å²) in [6.45, 7) is 8.04. The predicted octanol–water partition coefficient (Wildman–Crippen LogP) is 3.18. The lowest BCUT2D eigenvalue weighted by Crippen LogP contribution is -2.57. The number of imide groups is 1. The average Bonchev–Trinajstić information content (AvgIpc) is 3.48. The monoisotopic (exact) mass is 354 g/mol. The van der Waals surface area contributed by atoms with Gasteiger partial charge in [0.15, 0.2) is 0 Å². The van der Waals surface area contributed by atoms with E-state index in [2.05, 4.69) is 6.58 Å². The van der Waals surface area contributed by atoms with E-state index in [0.717, 1.165) is 10.5 Å². The molecule has 0 saturated carbocycles. The van der Waals surface area contributed by atoms with E-state index >= 15 is 0 Å². The Morgan fingerprint density at radius 1 is 1.19 bits per heavy atom.